The van der Waals surface area contributed by atoms with Gasteiger partial charge in [0.25, 0.3) is 0 Å². The molecule has 0 bridgehead atoms. The maximum Gasteiger partial charge on any atom is 0.227 e. The van der Waals surface area contributed by atoms with Gasteiger partial charge in [-0.05, 0) is 25.3 Å². The van der Waals surface area contributed by atoms with Crippen LogP contribution in [0.2, 0.25) is 0 Å². The van der Waals surface area contributed by atoms with Crippen LogP contribution in [-0.4, -0.2) is 43.0 Å². The number of nitrogens with one attached hydrogen (secondary N) is 1. The summed E-state index contributed by atoms with van der Waals surface area (Å²) in [4.78, 5) is 26.0. The first-order valence-corrected chi connectivity index (χ1v) is 8.33. The number of methoxy groups -OCH3 is 1. The molecule has 2 rings (SSSR count). The van der Waals surface area contributed by atoms with Gasteiger partial charge in [0.1, 0.15) is 5.75 Å². The van der Waals surface area contributed by atoms with E-state index in [9.17, 15) is 9.59 Å². The van der Waals surface area contributed by atoms with Crippen LogP contribution in [0.15, 0.2) is 24.3 Å². The highest BCUT2D eigenvalue weighted by molar-refractivity contribution is 5.80. The summed E-state index contributed by atoms with van der Waals surface area (Å²) in [6, 6.07) is 7.81. The van der Waals surface area contributed by atoms with Crippen molar-refractivity contribution in [2.45, 2.75) is 45.1 Å². The summed E-state index contributed by atoms with van der Waals surface area (Å²) >= 11 is 0. The lowest BCUT2D eigenvalue weighted by Crippen LogP contribution is -2.46. The van der Waals surface area contributed by atoms with Crippen LogP contribution >= 0.6 is 0 Å². The lowest BCUT2D eigenvalue weighted by Gasteiger charge is -2.32. The number of piperidine rings is 1. The van der Waals surface area contributed by atoms with Crippen molar-refractivity contribution < 1.29 is 14.3 Å². The Labute approximate surface area is 138 Å². The van der Waals surface area contributed by atoms with E-state index < -0.39 is 0 Å². The summed E-state index contributed by atoms with van der Waals surface area (Å²) < 4.78 is 5.30. The Bertz CT molecular complexity index is 537. The van der Waals surface area contributed by atoms with Crippen LogP contribution in [0.4, 0.5) is 0 Å². The van der Waals surface area contributed by atoms with E-state index >= 15 is 0 Å². The van der Waals surface area contributed by atoms with E-state index in [1.54, 1.807) is 7.11 Å². The van der Waals surface area contributed by atoms with Crippen LogP contribution in [0.1, 0.15) is 38.2 Å². The number of hydrogen-bond acceptors (Lipinski definition) is 3. The minimum atomic E-state index is 0.117. The van der Waals surface area contributed by atoms with Gasteiger partial charge < -0.3 is 15.0 Å². The molecule has 2 amide bonds. The Balaban J connectivity index is 1.83. The molecule has 0 saturated carbocycles. The first kappa shape index (κ1) is 17.3. The fourth-order valence-electron chi connectivity index (χ4n) is 2.92. The van der Waals surface area contributed by atoms with Crippen LogP contribution in [0.3, 0.4) is 0 Å². The SMILES string of the molecule is CCCC(=O)NC1CCN(C(=O)Cc2ccccc2OC)CC1. The summed E-state index contributed by atoms with van der Waals surface area (Å²) in [5.41, 5.74) is 0.915. The van der Waals surface area contributed by atoms with Gasteiger partial charge in [-0.3, -0.25) is 9.59 Å². The Kier molecular flexibility index (Phi) is 6.44. The van der Waals surface area contributed by atoms with Gasteiger partial charge in [-0.25, -0.2) is 0 Å². The van der Waals surface area contributed by atoms with E-state index in [0.717, 1.165) is 30.6 Å². The molecule has 1 N–H and O–H groups in total. The summed E-state index contributed by atoms with van der Waals surface area (Å²) in [6.07, 6.45) is 3.45. The highest BCUT2D eigenvalue weighted by atomic mass is 16.5. The van der Waals surface area contributed by atoms with Gasteiger partial charge in [0.2, 0.25) is 11.8 Å². The second-order valence-electron chi connectivity index (χ2n) is 5.96. The van der Waals surface area contributed by atoms with Crippen LogP contribution in [-0.2, 0) is 16.0 Å². The number of para-hydroxylation sites is 1. The second kappa shape index (κ2) is 8.56. The first-order chi connectivity index (χ1) is 11.1. The van der Waals surface area contributed by atoms with Crippen LogP contribution in [0.25, 0.3) is 0 Å². The Morgan fingerprint density at radius 2 is 1.96 bits per heavy atom. The highest BCUT2D eigenvalue weighted by Gasteiger charge is 2.24. The molecule has 23 heavy (non-hydrogen) atoms. The van der Waals surface area contributed by atoms with Crippen molar-refractivity contribution in [1.29, 1.82) is 0 Å². The molecule has 0 atom stereocenters. The predicted octanol–water partition coefficient (Wildman–Crippen LogP) is 2.14. The molecule has 1 aromatic carbocycles. The molecule has 1 aliphatic rings. The average Bonchev–Trinajstić information content (AvgIpc) is 2.56. The topological polar surface area (TPSA) is 58.6 Å². The number of amides is 2. The van der Waals surface area contributed by atoms with Crippen molar-refractivity contribution in [3.05, 3.63) is 29.8 Å². The van der Waals surface area contributed by atoms with Crippen molar-refractivity contribution in [2.24, 2.45) is 0 Å². The second-order valence-corrected chi connectivity index (χ2v) is 5.96. The van der Waals surface area contributed by atoms with Crippen molar-refractivity contribution in [2.75, 3.05) is 20.2 Å². The summed E-state index contributed by atoms with van der Waals surface area (Å²) in [5, 5.41) is 3.05. The smallest absolute Gasteiger partial charge is 0.227 e. The number of hydrogen-bond donors (Lipinski definition) is 1. The van der Waals surface area contributed by atoms with Gasteiger partial charge in [-0.1, -0.05) is 25.1 Å². The molecule has 1 fully saturated rings. The predicted molar refractivity (Wildman–Crippen MR) is 89.4 cm³/mol. The molecular weight excluding hydrogens is 292 g/mol. The quantitative estimate of drug-likeness (QED) is 0.874. The maximum absolute atomic E-state index is 12.5. The minimum Gasteiger partial charge on any atom is -0.496 e. The maximum atomic E-state index is 12.5. The van der Waals surface area contributed by atoms with Crippen molar-refractivity contribution in [3.63, 3.8) is 0 Å². The van der Waals surface area contributed by atoms with E-state index in [0.29, 0.717) is 25.9 Å². The van der Waals surface area contributed by atoms with Gasteiger partial charge in [0, 0.05) is 31.1 Å². The molecule has 126 valence electrons. The minimum absolute atomic E-state index is 0.117. The fourth-order valence-corrected chi connectivity index (χ4v) is 2.92. The van der Waals surface area contributed by atoms with Gasteiger partial charge in [-0.2, -0.15) is 0 Å². The first-order valence-electron chi connectivity index (χ1n) is 8.33. The third-order valence-electron chi connectivity index (χ3n) is 4.22. The number of likely N-dealkylation sites (tertiary alicyclic amines) is 1. The molecule has 5 nitrogen and oxygen atoms in total. The molecule has 0 unspecified atom stereocenters. The van der Waals surface area contributed by atoms with Crippen LogP contribution in [0, 0.1) is 0 Å². The average molecular weight is 318 g/mol. The highest BCUT2D eigenvalue weighted by Crippen LogP contribution is 2.19. The number of ether oxygens (including phenoxy) is 1. The molecule has 0 radical (unpaired) electrons. The molecule has 5 heteroatoms. The Hall–Kier alpha value is -2.04. The van der Waals surface area contributed by atoms with E-state index in [-0.39, 0.29) is 17.9 Å². The van der Waals surface area contributed by atoms with Crippen LogP contribution in [0.5, 0.6) is 5.75 Å². The van der Waals surface area contributed by atoms with E-state index in [2.05, 4.69) is 5.32 Å². The van der Waals surface area contributed by atoms with Crippen LogP contribution < -0.4 is 10.1 Å². The molecule has 0 aliphatic carbocycles. The third kappa shape index (κ3) is 4.98. The largest absolute Gasteiger partial charge is 0.496 e. The summed E-state index contributed by atoms with van der Waals surface area (Å²) in [5.74, 6) is 0.988. The van der Waals surface area contributed by atoms with Gasteiger partial charge in [0.15, 0.2) is 0 Å². The number of carbonyl (C=O) groups excluding carboxylic acids is 2. The lowest BCUT2D eigenvalue weighted by atomic mass is 10.0. The zero-order chi connectivity index (χ0) is 16.7. The number of rotatable bonds is 6. The standard InChI is InChI=1S/C18H26N2O3/c1-3-6-17(21)19-15-9-11-20(12-10-15)18(22)13-14-7-4-5-8-16(14)23-2/h4-5,7-8,15H,3,6,9-13H2,1-2H3,(H,19,21). The Morgan fingerprint density at radius 3 is 2.61 bits per heavy atom. The van der Waals surface area contributed by atoms with Gasteiger partial charge in [0.05, 0.1) is 13.5 Å². The van der Waals surface area contributed by atoms with Gasteiger partial charge >= 0.3 is 0 Å². The zero-order valence-corrected chi connectivity index (χ0v) is 14.0. The fraction of sp³-hybridized carbons (Fsp3) is 0.556. The van der Waals surface area contributed by atoms with Crippen molar-refractivity contribution in [3.8, 4) is 5.75 Å². The van der Waals surface area contributed by atoms with E-state index in [1.807, 2.05) is 36.1 Å². The molecular formula is C18H26N2O3. The molecule has 1 aromatic rings. The normalized spacial score (nSPS) is 15.3. The number of benzene rings is 1. The van der Waals surface area contributed by atoms with Crippen molar-refractivity contribution >= 4 is 11.8 Å². The zero-order valence-electron chi connectivity index (χ0n) is 14.0. The monoisotopic (exact) mass is 318 g/mol. The molecule has 1 heterocycles. The number of nitrogens with zero attached hydrogens (tertiary/aromatic N) is 1. The number of carbonyl (C=O) groups is 2. The van der Waals surface area contributed by atoms with E-state index in [4.69, 9.17) is 4.74 Å². The summed E-state index contributed by atoms with van der Waals surface area (Å²) in [7, 11) is 1.62. The molecule has 1 aliphatic heterocycles. The third-order valence-corrected chi connectivity index (χ3v) is 4.22. The van der Waals surface area contributed by atoms with Crippen molar-refractivity contribution in [1.82, 2.24) is 10.2 Å². The molecule has 1 saturated heterocycles. The summed E-state index contributed by atoms with van der Waals surface area (Å²) in [6.45, 7) is 3.40. The van der Waals surface area contributed by atoms with E-state index in [1.165, 1.54) is 0 Å². The Morgan fingerprint density at radius 1 is 1.26 bits per heavy atom. The lowest BCUT2D eigenvalue weighted by molar-refractivity contribution is -0.131. The van der Waals surface area contributed by atoms with Gasteiger partial charge in [-0.15, -0.1) is 0 Å². The molecule has 0 aromatic heterocycles. The molecule has 0 spiro atoms.